The summed E-state index contributed by atoms with van der Waals surface area (Å²) >= 11 is 0. The number of aromatic nitrogens is 2. The number of sulfonamides is 1. The van der Waals surface area contributed by atoms with Crippen molar-refractivity contribution in [2.24, 2.45) is 7.05 Å². The van der Waals surface area contributed by atoms with Crippen LogP contribution >= 0.6 is 0 Å². The molecular formula is C22H22N4O6S. The molecule has 0 aliphatic carbocycles. The van der Waals surface area contributed by atoms with Crippen molar-refractivity contribution in [2.45, 2.75) is 4.90 Å². The van der Waals surface area contributed by atoms with Crippen molar-refractivity contribution in [3.05, 3.63) is 58.5 Å². The van der Waals surface area contributed by atoms with Gasteiger partial charge >= 0.3 is 0 Å². The van der Waals surface area contributed by atoms with E-state index in [4.69, 9.17) is 9.47 Å². The number of benzene rings is 2. The molecule has 2 aromatic carbocycles. The van der Waals surface area contributed by atoms with Gasteiger partial charge in [-0.3, -0.25) is 9.59 Å². The molecule has 3 aromatic rings. The average Bonchev–Trinajstić information content (AvgIpc) is 2.85. The zero-order valence-electron chi connectivity index (χ0n) is 17.9. The Morgan fingerprint density at radius 2 is 1.61 bits per heavy atom. The van der Waals surface area contributed by atoms with Gasteiger partial charge in [0.2, 0.25) is 10.0 Å². The summed E-state index contributed by atoms with van der Waals surface area (Å²) in [4.78, 5) is 27.2. The van der Waals surface area contributed by atoms with Gasteiger partial charge in [-0.2, -0.15) is 9.40 Å². The molecule has 172 valence electrons. The molecule has 0 spiro atoms. The zero-order valence-corrected chi connectivity index (χ0v) is 18.7. The molecule has 1 amide bonds. The van der Waals surface area contributed by atoms with Crippen LogP contribution in [0.4, 0.5) is 0 Å². The van der Waals surface area contributed by atoms with Crippen molar-refractivity contribution >= 4 is 26.7 Å². The number of piperazine rings is 1. The quantitative estimate of drug-likeness (QED) is 0.558. The Morgan fingerprint density at radius 1 is 0.939 bits per heavy atom. The number of carbonyl (C=O) groups excluding carboxylic acids is 1. The minimum absolute atomic E-state index is 0.122. The van der Waals surface area contributed by atoms with Crippen LogP contribution in [0.25, 0.3) is 10.8 Å². The second-order valence-electron chi connectivity index (χ2n) is 7.82. The van der Waals surface area contributed by atoms with E-state index < -0.39 is 10.0 Å². The number of rotatable bonds is 3. The van der Waals surface area contributed by atoms with Gasteiger partial charge in [0.25, 0.3) is 11.5 Å². The van der Waals surface area contributed by atoms with Crippen molar-refractivity contribution < 1.29 is 22.7 Å². The molecule has 0 atom stereocenters. The van der Waals surface area contributed by atoms with E-state index in [1.54, 1.807) is 35.2 Å². The molecule has 3 heterocycles. The minimum Gasteiger partial charge on any atom is -0.486 e. The van der Waals surface area contributed by atoms with Crippen LogP contribution in [0, 0.1) is 0 Å². The lowest BCUT2D eigenvalue weighted by Crippen LogP contribution is -2.50. The summed E-state index contributed by atoms with van der Waals surface area (Å²) in [6, 6.07) is 11.4. The van der Waals surface area contributed by atoms with Crippen molar-refractivity contribution in [2.75, 3.05) is 39.4 Å². The lowest BCUT2D eigenvalue weighted by atomic mass is 10.1. The fourth-order valence-corrected chi connectivity index (χ4v) is 5.51. The molecule has 0 bridgehead atoms. The Labute approximate surface area is 190 Å². The predicted molar refractivity (Wildman–Crippen MR) is 119 cm³/mol. The fraction of sp³-hybridized carbons (Fsp3) is 0.318. The Morgan fingerprint density at radius 3 is 2.33 bits per heavy atom. The fourth-order valence-electron chi connectivity index (χ4n) is 4.07. The van der Waals surface area contributed by atoms with Crippen LogP contribution in [-0.4, -0.2) is 72.7 Å². The first kappa shape index (κ1) is 21.4. The highest BCUT2D eigenvalue weighted by atomic mass is 32.2. The van der Waals surface area contributed by atoms with Gasteiger partial charge in [-0.05, 0) is 18.2 Å². The number of carbonyl (C=O) groups is 1. The van der Waals surface area contributed by atoms with E-state index in [0.717, 1.165) is 4.68 Å². The summed E-state index contributed by atoms with van der Waals surface area (Å²) in [5.41, 5.74) is -0.103. The topological polar surface area (TPSA) is 111 Å². The largest absolute Gasteiger partial charge is 0.486 e. The van der Waals surface area contributed by atoms with Gasteiger partial charge < -0.3 is 14.4 Å². The van der Waals surface area contributed by atoms with Gasteiger partial charge in [0.05, 0.1) is 10.3 Å². The normalized spacial score (nSPS) is 16.7. The first-order valence-corrected chi connectivity index (χ1v) is 12.0. The molecule has 11 heteroatoms. The minimum atomic E-state index is -3.76. The third-order valence-electron chi connectivity index (χ3n) is 5.84. The zero-order chi connectivity index (χ0) is 23.2. The summed E-state index contributed by atoms with van der Waals surface area (Å²) in [5.74, 6) is 0.592. The third-order valence-corrected chi connectivity index (χ3v) is 7.73. The predicted octanol–water partition coefficient (Wildman–Crippen LogP) is 0.851. The van der Waals surface area contributed by atoms with Crippen LogP contribution < -0.4 is 15.0 Å². The first-order chi connectivity index (χ1) is 15.9. The Hall–Kier alpha value is -3.44. The monoisotopic (exact) mass is 470 g/mol. The Bertz CT molecular complexity index is 1410. The molecule has 0 radical (unpaired) electrons. The number of hydrogen-bond acceptors (Lipinski definition) is 7. The maximum Gasteiger partial charge on any atom is 0.275 e. The van der Waals surface area contributed by atoms with Gasteiger partial charge in [-0.1, -0.05) is 18.2 Å². The lowest BCUT2D eigenvalue weighted by Gasteiger charge is -2.34. The van der Waals surface area contributed by atoms with Crippen LogP contribution in [-0.2, 0) is 17.1 Å². The second kappa shape index (κ2) is 8.16. The molecule has 2 aliphatic rings. The van der Waals surface area contributed by atoms with Crippen LogP contribution in [0.2, 0.25) is 0 Å². The standard InChI is InChI=1S/C22H22N4O6S/c1-24-21(27)17-5-3-2-4-16(17)20(23-24)22(28)25-8-10-26(11-9-25)33(29,30)15-6-7-18-19(14-15)32-13-12-31-18/h2-7,14H,8-13H2,1H3. The Kier molecular flexibility index (Phi) is 5.29. The van der Waals surface area contributed by atoms with E-state index in [1.165, 1.54) is 23.5 Å². The van der Waals surface area contributed by atoms with Crippen LogP contribution in [0.15, 0.2) is 52.2 Å². The van der Waals surface area contributed by atoms with Crippen LogP contribution in [0.3, 0.4) is 0 Å². The van der Waals surface area contributed by atoms with Crippen LogP contribution in [0.5, 0.6) is 11.5 Å². The summed E-state index contributed by atoms with van der Waals surface area (Å²) in [5, 5.41) is 5.09. The molecular weight excluding hydrogens is 448 g/mol. The maximum atomic E-state index is 13.2. The smallest absolute Gasteiger partial charge is 0.275 e. The van der Waals surface area contributed by atoms with Crippen molar-refractivity contribution in [3.63, 3.8) is 0 Å². The molecule has 1 saturated heterocycles. The van der Waals surface area contributed by atoms with Gasteiger partial charge in [0, 0.05) is 44.7 Å². The van der Waals surface area contributed by atoms with Gasteiger partial charge in [0.15, 0.2) is 17.2 Å². The molecule has 2 aliphatic heterocycles. The van der Waals surface area contributed by atoms with E-state index >= 15 is 0 Å². The number of hydrogen-bond donors (Lipinski definition) is 0. The van der Waals surface area contributed by atoms with Crippen LogP contribution in [0.1, 0.15) is 10.5 Å². The second-order valence-corrected chi connectivity index (χ2v) is 9.76. The molecule has 0 N–H and O–H groups in total. The number of amides is 1. The summed E-state index contributed by atoms with van der Waals surface area (Å²) in [6.07, 6.45) is 0. The average molecular weight is 471 g/mol. The molecule has 5 rings (SSSR count). The summed E-state index contributed by atoms with van der Waals surface area (Å²) in [6.45, 7) is 1.50. The highest BCUT2D eigenvalue weighted by molar-refractivity contribution is 7.89. The molecule has 10 nitrogen and oxygen atoms in total. The number of aryl methyl sites for hydroxylation is 1. The lowest BCUT2D eigenvalue weighted by molar-refractivity contribution is 0.0691. The molecule has 33 heavy (non-hydrogen) atoms. The van der Waals surface area contributed by atoms with Crippen molar-refractivity contribution in [3.8, 4) is 11.5 Å². The number of ether oxygens (including phenoxy) is 2. The Balaban J connectivity index is 1.35. The SMILES string of the molecule is Cn1nc(C(=O)N2CCN(S(=O)(=O)c3ccc4c(c3)OCCO4)CC2)c2ccccc2c1=O. The molecule has 0 unspecified atom stereocenters. The first-order valence-electron chi connectivity index (χ1n) is 10.5. The van der Waals surface area contributed by atoms with E-state index in [9.17, 15) is 18.0 Å². The number of fused-ring (bicyclic) bond motifs is 2. The highest BCUT2D eigenvalue weighted by Gasteiger charge is 2.32. The van der Waals surface area contributed by atoms with Gasteiger partial charge in [-0.15, -0.1) is 0 Å². The van der Waals surface area contributed by atoms with E-state index in [-0.39, 0.29) is 48.2 Å². The van der Waals surface area contributed by atoms with Crippen molar-refractivity contribution in [1.29, 1.82) is 0 Å². The van der Waals surface area contributed by atoms with Gasteiger partial charge in [0.1, 0.15) is 13.2 Å². The third kappa shape index (κ3) is 3.72. The molecule has 0 saturated carbocycles. The number of nitrogens with zero attached hydrogens (tertiary/aromatic N) is 4. The summed E-state index contributed by atoms with van der Waals surface area (Å²) in [7, 11) is -2.25. The van der Waals surface area contributed by atoms with E-state index in [0.29, 0.717) is 35.5 Å². The highest BCUT2D eigenvalue weighted by Crippen LogP contribution is 2.33. The molecule has 1 aromatic heterocycles. The maximum absolute atomic E-state index is 13.2. The van der Waals surface area contributed by atoms with E-state index in [2.05, 4.69) is 5.10 Å². The summed E-state index contributed by atoms with van der Waals surface area (Å²) < 4.78 is 39.8. The molecule has 1 fully saturated rings. The van der Waals surface area contributed by atoms with Crippen molar-refractivity contribution in [1.82, 2.24) is 19.0 Å². The van der Waals surface area contributed by atoms with E-state index in [1.807, 2.05) is 0 Å². The van der Waals surface area contributed by atoms with Gasteiger partial charge in [-0.25, -0.2) is 13.1 Å².